The molecule has 1 aromatic heterocycles. The van der Waals surface area contributed by atoms with Gasteiger partial charge < -0.3 is 9.88 Å². The molecule has 0 unspecified atom stereocenters. The van der Waals surface area contributed by atoms with Crippen LogP contribution in [0.1, 0.15) is 52.1 Å². The Morgan fingerprint density at radius 2 is 2.18 bits per heavy atom. The van der Waals surface area contributed by atoms with E-state index in [1.165, 1.54) is 31.4 Å². The van der Waals surface area contributed by atoms with Gasteiger partial charge in [0.15, 0.2) is 0 Å². The van der Waals surface area contributed by atoms with Gasteiger partial charge in [-0.2, -0.15) is 0 Å². The molecule has 1 fully saturated rings. The van der Waals surface area contributed by atoms with E-state index >= 15 is 0 Å². The van der Waals surface area contributed by atoms with Crippen molar-refractivity contribution in [1.29, 1.82) is 0 Å². The van der Waals surface area contributed by atoms with Gasteiger partial charge in [0.2, 0.25) is 0 Å². The Balaban J connectivity index is 2.15. The van der Waals surface area contributed by atoms with Crippen LogP contribution in [0.2, 0.25) is 0 Å². The summed E-state index contributed by atoms with van der Waals surface area (Å²) in [5, 5.41) is 3.36. The van der Waals surface area contributed by atoms with Crippen LogP contribution in [0, 0.1) is 5.41 Å². The van der Waals surface area contributed by atoms with Crippen molar-refractivity contribution in [3.63, 3.8) is 0 Å². The van der Waals surface area contributed by atoms with Crippen LogP contribution in [0.15, 0.2) is 12.5 Å². The highest BCUT2D eigenvalue weighted by Gasteiger charge is 2.42. The number of rotatable bonds is 6. The van der Waals surface area contributed by atoms with E-state index < -0.39 is 0 Å². The van der Waals surface area contributed by atoms with Gasteiger partial charge in [-0.25, -0.2) is 4.98 Å². The predicted octanol–water partition coefficient (Wildman–Crippen LogP) is 2.92. The van der Waals surface area contributed by atoms with Gasteiger partial charge >= 0.3 is 0 Å². The van der Waals surface area contributed by atoms with Crippen LogP contribution in [0.5, 0.6) is 0 Å². The maximum atomic E-state index is 4.33. The molecule has 1 aliphatic rings. The quantitative estimate of drug-likeness (QED) is 0.821. The van der Waals surface area contributed by atoms with Crippen LogP contribution in [-0.2, 0) is 12.1 Å². The number of hydrogen-bond acceptors (Lipinski definition) is 2. The molecule has 0 saturated heterocycles. The number of nitrogens with one attached hydrogen (secondary N) is 1. The highest BCUT2D eigenvalue weighted by atomic mass is 15.1. The molecular weight excluding hydrogens is 210 g/mol. The third-order valence-electron chi connectivity index (χ3n) is 4.22. The molecule has 2 rings (SSSR count). The second-order valence-electron chi connectivity index (χ2n) is 6.03. The van der Waals surface area contributed by atoms with Crippen molar-refractivity contribution in [3.8, 4) is 0 Å². The number of hydrogen-bond donors (Lipinski definition) is 1. The molecule has 96 valence electrons. The summed E-state index contributed by atoms with van der Waals surface area (Å²) in [6, 6.07) is 0. The fourth-order valence-corrected chi connectivity index (χ4v) is 2.65. The molecule has 0 bridgehead atoms. The Bertz CT molecular complexity index is 375. The molecule has 0 aliphatic heterocycles. The number of imidazole rings is 1. The normalized spacial score (nSPS) is 18.4. The van der Waals surface area contributed by atoms with E-state index in [1.807, 2.05) is 19.6 Å². The second-order valence-corrected chi connectivity index (χ2v) is 6.03. The van der Waals surface area contributed by atoms with Gasteiger partial charge in [-0.3, -0.25) is 0 Å². The lowest BCUT2D eigenvalue weighted by atomic mass is 9.98. The number of nitrogens with zero attached hydrogens (tertiary/aromatic N) is 2. The fraction of sp³-hybridized carbons (Fsp3) is 0.786. The van der Waals surface area contributed by atoms with Gasteiger partial charge in [-0.15, -0.1) is 0 Å². The highest BCUT2D eigenvalue weighted by molar-refractivity contribution is 5.12. The minimum absolute atomic E-state index is 0.00120. The third-order valence-corrected chi connectivity index (χ3v) is 4.22. The molecule has 1 aromatic rings. The Labute approximate surface area is 105 Å². The van der Waals surface area contributed by atoms with Crippen molar-refractivity contribution in [2.75, 3.05) is 7.05 Å². The van der Waals surface area contributed by atoms with Crippen LogP contribution in [0.25, 0.3) is 0 Å². The Morgan fingerprint density at radius 1 is 1.47 bits per heavy atom. The van der Waals surface area contributed by atoms with E-state index in [-0.39, 0.29) is 5.54 Å². The lowest BCUT2D eigenvalue weighted by molar-refractivity contribution is 0.348. The molecule has 1 saturated carbocycles. The van der Waals surface area contributed by atoms with Crippen molar-refractivity contribution < 1.29 is 0 Å². The fourth-order valence-electron chi connectivity index (χ4n) is 2.65. The largest absolute Gasteiger partial charge is 0.332 e. The van der Waals surface area contributed by atoms with E-state index in [4.69, 9.17) is 0 Å². The molecule has 0 aromatic carbocycles. The van der Waals surface area contributed by atoms with E-state index in [0.717, 1.165) is 6.54 Å². The summed E-state index contributed by atoms with van der Waals surface area (Å²) in [6.07, 6.45) is 9.41. The topological polar surface area (TPSA) is 29.9 Å². The Kier molecular flexibility index (Phi) is 3.30. The van der Waals surface area contributed by atoms with E-state index in [2.05, 4.69) is 35.6 Å². The Hall–Kier alpha value is -0.830. The summed E-state index contributed by atoms with van der Waals surface area (Å²) < 4.78 is 2.35. The van der Waals surface area contributed by atoms with Crippen LogP contribution >= 0.6 is 0 Å². The summed E-state index contributed by atoms with van der Waals surface area (Å²) in [5.74, 6) is 0. The van der Waals surface area contributed by atoms with Crippen LogP contribution in [-0.4, -0.2) is 16.6 Å². The molecule has 0 radical (unpaired) electrons. The molecule has 1 N–H and O–H groups in total. The average Bonchev–Trinajstić information content (AvgIpc) is 2.87. The summed E-state index contributed by atoms with van der Waals surface area (Å²) in [4.78, 5) is 4.33. The lowest BCUT2D eigenvalue weighted by Gasteiger charge is -2.27. The molecule has 0 amide bonds. The molecular formula is C14H25N3. The summed E-state index contributed by atoms with van der Waals surface area (Å²) in [6.45, 7) is 7.84. The third kappa shape index (κ3) is 2.54. The van der Waals surface area contributed by atoms with Gasteiger partial charge in [-0.05, 0) is 45.6 Å². The van der Waals surface area contributed by atoms with Crippen LogP contribution < -0.4 is 5.32 Å². The van der Waals surface area contributed by atoms with Gasteiger partial charge in [0.25, 0.3) is 0 Å². The van der Waals surface area contributed by atoms with Crippen molar-refractivity contribution in [2.24, 2.45) is 5.41 Å². The molecule has 3 nitrogen and oxygen atoms in total. The Morgan fingerprint density at radius 3 is 2.71 bits per heavy atom. The number of aromatic nitrogens is 2. The molecule has 3 heteroatoms. The van der Waals surface area contributed by atoms with Crippen molar-refractivity contribution in [3.05, 3.63) is 18.2 Å². The molecule has 1 heterocycles. The van der Waals surface area contributed by atoms with Crippen LogP contribution in [0.4, 0.5) is 0 Å². The second kappa shape index (κ2) is 4.45. The van der Waals surface area contributed by atoms with Crippen molar-refractivity contribution in [2.45, 2.75) is 58.5 Å². The average molecular weight is 235 g/mol. The first-order valence-electron chi connectivity index (χ1n) is 6.72. The standard InChI is InChI=1S/C14H25N3/c1-5-6-14(7-8-14)10-17-11-16-9-12(17)13(2,3)15-4/h9,11,15H,5-8,10H2,1-4H3. The van der Waals surface area contributed by atoms with Gasteiger partial charge in [-0.1, -0.05) is 13.3 Å². The monoisotopic (exact) mass is 235 g/mol. The lowest BCUT2D eigenvalue weighted by Crippen LogP contribution is -2.36. The van der Waals surface area contributed by atoms with Crippen LogP contribution in [0.3, 0.4) is 0 Å². The maximum Gasteiger partial charge on any atom is 0.0948 e. The smallest absolute Gasteiger partial charge is 0.0948 e. The SMILES string of the molecule is CCCC1(Cn2cncc2C(C)(C)NC)CC1. The van der Waals surface area contributed by atoms with Crippen molar-refractivity contribution in [1.82, 2.24) is 14.9 Å². The summed E-state index contributed by atoms with van der Waals surface area (Å²) in [5.41, 5.74) is 1.87. The molecule has 0 spiro atoms. The van der Waals surface area contributed by atoms with Gasteiger partial charge in [0.1, 0.15) is 0 Å². The minimum Gasteiger partial charge on any atom is -0.332 e. The molecule has 0 atom stereocenters. The summed E-state index contributed by atoms with van der Waals surface area (Å²) >= 11 is 0. The first-order chi connectivity index (χ1) is 8.03. The van der Waals surface area contributed by atoms with E-state index in [9.17, 15) is 0 Å². The van der Waals surface area contributed by atoms with Gasteiger partial charge in [0, 0.05) is 12.7 Å². The highest BCUT2D eigenvalue weighted by Crippen LogP contribution is 2.51. The zero-order valence-corrected chi connectivity index (χ0v) is 11.6. The first-order valence-corrected chi connectivity index (χ1v) is 6.72. The van der Waals surface area contributed by atoms with E-state index in [0.29, 0.717) is 5.41 Å². The zero-order valence-electron chi connectivity index (χ0n) is 11.6. The van der Waals surface area contributed by atoms with E-state index in [1.54, 1.807) is 0 Å². The maximum absolute atomic E-state index is 4.33. The zero-order chi connectivity index (χ0) is 12.5. The van der Waals surface area contributed by atoms with Gasteiger partial charge in [0.05, 0.1) is 17.6 Å². The van der Waals surface area contributed by atoms with Crippen molar-refractivity contribution >= 4 is 0 Å². The first kappa shape index (κ1) is 12.6. The minimum atomic E-state index is -0.00120. The summed E-state index contributed by atoms with van der Waals surface area (Å²) in [7, 11) is 2.01. The molecule has 17 heavy (non-hydrogen) atoms. The predicted molar refractivity (Wildman–Crippen MR) is 70.9 cm³/mol. The molecule has 1 aliphatic carbocycles.